The number of aromatic nitrogens is 1. The van der Waals surface area contributed by atoms with Crippen LogP contribution in [0, 0.1) is 3.57 Å². The standard InChI is InChI=1S/C10H5BCl2F3INO/c12-6-3-7(17)10(19-4-11(14,15)16)9-5(6)1-2-8(13)18-9/h1-3H,4H2/q-1. The molecule has 0 fully saturated rings. The predicted octanol–water partition coefficient (Wildman–Crippen LogP) is 4.91. The van der Waals surface area contributed by atoms with E-state index in [1.54, 1.807) is 6.07 Å². The van der Waals surface area contributed by atoms with Crippen molar-refractivity contribution in [3.63, 3.8) is 0 Å². The molecule has 2 aromatic rings. The second-order valence-corrected chi connectivity index (χ2v) is 5.68. The van der Waals surface area contributed by atoms with Crippen LogP contribution in [0.5, 0.6) is 5.75 Å². The molecule has 0 aliphatic rings. The van der Waals surface area contributed by atoms with Crippen molar-refractivity contribution in [2.24, 2.45) is 0 Å². The molecule has 0 aliphatic carbocycles. The van der Waals surface area contributed by atoms with E-state index in [0.29, 0.717) is 14.0 Å². The van der Waals surface area contributed by atoms with Crippen molar-refractivity contribution in [2.45, 2.75) is 0 Å². The van der Waals surface area contributed by atoms with Gasteiger partial charge in [-0.05, 0) is 40.8 Å². The van der Waals surface area contributed by atoms with Gasteiger partial charge < -0.3 is 17.7 Å². The first-order chi connectivity index (χ1) is 8.78. The van der Waals surface area contributed by atoms with Gasteiger partial charge in [-0.3, -0.25) is 0 Å². The highest BCUT2D eigenvalue weighted by molar-refractivity contribution is 14.1. The van der Waals surface area contributed by atoms with Gasteiger partial charge in [0.05, 0.1) is 15.1 Å². The summed E-state index contributed by atoms with van der Waals surface area (Å²) in [6.45, 7) is -6.37. The maximum absolute atomic E-state index is 12.3. The number of benzene rings is 1. The molecule has 0 amide bonds. The van der Waals surface area contributed by atoms with Crippen molar-refractivity contribution in [1.29, 1.82) is 0 Å². The molecule has 2 nitrogen and oxygen atoms in total. The summed E-state index contributed by atoms with van der Waals surface area (Å²) in [7, 11) is 0. The van der Waals surface area contributed by atoms with Crippen LogP contribution in [0.25, 0.3) is 10.9 Å². The molecule has 0 saturated heterocycles. The van der Waals surface area contributed by atoms with E-state index in [4.69, 9.17) is 27.9 Å². The lowest BCUT2D eigenvalue weighted by molar-refractivity contribution is 0.314. The van der Waals surface area contributed by atoms with Crippen LogP contribution < -0.4 is 4.74 Å². The molecule has 0 radical (unpaired) electrons. The Morgan fingerprint density at radius 1 is 1.26 bits per heavy atom. The average Bonchev–Trinajstić information content (AvgIpc) is 2.26. The molecule has 0 saturated carbocycles. The summed E-state index contributed by atoms with van der Waals surface area (Å²) in [6, 6.07) is 4.63. The summed E-state index contributed by atoms with van der Waals surface area (Å²) in [5.74, 6) is 0.0432. The monoisotopic (exact) mass is 420 g/mol. The highest BCUT2D eigenvalue weighted by atomic mass is 127. The molecule has 0 bridgehead atoms. The van der Waals surface area contributed by atoms with Crippen molar-refractivity contribution in [1.82, 2.24) is 4.98 Å². The molecule has 1 aromatic heterocycles. The highest BCUT2D eigenvalue weighted by Crippen LogP contribution is 2.36. The molecule has 2 rings (SSSR count). The fourth-order valence-corrected chi connectivity index (χ4v) is 2.80. The number of pyridine rings is 1. The van der Waals surface area contributed by atoms with E-state index in [1.807, 2.05) is 22.6 Å². The van der Waals surface area contributed by atoms with Gasteiger partial charge in [0.15, 0.2) is 5.75 Å². The van der Waals surface area contributed by atoms with Gasteiger partial charge in [0.1, 0.15) is 10.7 Å². The topological polar surface area (TPSA) is 22.1 Å². The number of ether oxygens (including phenoxy) is 1. The Balaban J connectivity index is 2.55. The molecule has 1 heterocycles. The smallest absolute Gasteiger partial charge is 0.515 e. The van der Waals surface area contributed by atoms with Gasteiger partial charge in [0.2, 0.25) is 0 Å². The van der Waals surface area contributed by atoms with E-state index < -0.39 is 13.5 Å². The summed E-state index contributed by atoms with van der Waals surface area (Å²) in [4.78, 5) is 3.99. The van der Waals surface area contributed by atoms with Gasteiger partial charge in [-0.1, -0.05) is 23.2 Å². The Labute approximate surface area is 130 Å². The molecule has 0 unspecified atom stereocenters. The van der Waals surface area contributed by atoms with E-state index in [1.165, 1.54) is 12.1 Å². The second-order valence-electron chi connectivity index (χ2n) is 3.72. The SMILES string of the molecule is F[B-](F)(F)COc1c(I)cc(Cl)c2ccc(Cl)nc12. The van der Waals surface area contributed by atoms with E-state index in [-0.39, 0.29) is 16.4 Å². The van der Waals surface area contributed by atoms with Gasteiger partial charge >= 0.3 is 6.98 Å². The Morgan fingerprint density at radius 3 is 2.58 bits per heavy atom. The zero-order valence-electron chi connectivity index (χ0n) is 9.14. The zero-order valence-corrected chi connectivity index (χ0v) is 12.8. The normalized spacial score (nSPS) is 11.9. The van der Waals surface area contributed by atoms with E-state index in [0.717, 1.165) is 0 Å². The Bertz CT molecular complexity index is 638. The summed E-state index contributed by atoms with van der Waals surface area (Å²) < 4.78 is 42.2. The van der Waals surface area contributed by atoms with Gasteiger partial charge in [0.25, 0.3) is 0 Å². The third kappa shape index (κ3) is 3.58. The molecular formula is C10H5BCl2F3INO-. The van der Waals surface area contributed by atoms with Crippen LogP contribution in [0.3, 0.4) is 0 Å². The van der Waals surface area contributed by atoms with E-state index in [9.17, 15) is 12.9 Å². The third-order valence-electron chi connectivity index (χ3n) is 2.22. The number of rotatable bonds is 3. The molecule has 102 valence electrons. The molecule has 1 aromatic carbocycles. The first-order valence-electron chi connectivity index (χ1n) is 5.06. The molecular weight excluding hydrogens is 416 g/mol. The minimum Gasteiger partial charge on any atom is -0.519 e. The maximum Gasteiger partial charge on any atom is 0.515 e. The van der Waals surface area contributed by atoms with Crippen LogP contribution in [0.1, 0.15) is 0 Å². The lowest BCUT2D eigenvalue weighted by Gasteiger charge is -2.17. The Hall–Kier alpha value is -0.405. The van der Waals surface area contributed by atoms with Gasteiger partial charge in [-0.25, -0.2) is 4.98 Å². The first kappa shape index (κ1) is 15.0. The Kier molecular flexibility index (Phi) is 4.37. The summed E-state index contributed by atoms with van der Waals surface area (Å²) in [5, 5.41) is 1.04. The molecule has 19 heavy (non-hydrogen) atoms. The van der Waals surface area contributed by atoms with Crippen LogP contribution in [-0.2, 0) is 0 Å². The van der Waals surface area contributed by atoms with Gasteiger partial charge in [-0.2, -0.15) is 0 Å². The summed E-state index contributed by atoms with van der Waals surface area (Å²) >= 11 is 13.6. The number of hydrogen-bond donors (Lipinski definition) is 0. The van der Waals surface area contributed by atoms with Gasteiger partial charge in [-0.15, -0.1) is 0 Å². The minimum absolute atomic E-state index is 0.0432. The van der Waals surface area contributed by atoms with E-state index in [2.05, 4.69) is 4.98 Å². The molecule has 0 aliphatic heterocycles. The predicted molar refractivity (Wildman–Crippen MR) is 79.1 cm³/mol. The van der Waals surface area contributed by atoms with Crippen molar-refractivity contribution >= 4 is 63.7 Å². The molecule has 9 heteroatoms. The van der Waals surface area contributed by atoms with Crippen molar-refractivity contribution in [3.05, 3.63) is 31.9 Å². The minimum atomic E-state index is -5.04. The lowest BCUT2D eigenvalue weighted by Crippen LogP contribution is -2.26. The van der Waals surface area contributed by atoms with Crippen LogP contribution in [0.15, 0.2) is 18.2 Å². The first-order valence-corrected chi connectivity index (χ1v) is 6.89. The van der Waals surface area contributed by atoms with Crippen LogP contribution in [0.4, 0.5) is 12.9 Å². The van der Waals surface area contributed by atoms with Crippen molar-refractivity contribution in [2.75, 3.05) is 6.51 Å². The largest absolute Gasteiger partial charge is 0.519 e. The fourth-order valence-electron chi connectivity index (χ4n) is 1.48. The molecule has 0 N–H and O–H groups in total. The van der Waals surface area contributed by atoms with Crippen LogP contribution >= 0.6 is 45.8 Å². The fraction of sp³-hybridized carbons (Fsp3) is 0.100. The molecule has 0 spiro atoms. The Morgan fingerprint density at radius 2 is 1.95 bits per heavy atom. The summed E-state index contributed by atoms with van der Waals surface area (Å²) in [6.07, 6.45) is 0. The quantitative estimate of drug-likeness (QED) is 0.400. The van der Waals surface area contributed by atoms with E-state index >= 15 is 0 Å². The number of fused-ring (bicyclic) bond motifs is 1. The maximum atomic E-state index is 12.3. The lowest BCUT2D eigenvalue weighted by atomic mass is 9.95. The summed E-state index contributed by atoms with van der Waals surface area (Å²) in [5.41, 5.74) is 0.226. The van der Waals surface area contributed by atoms with Crippen molar-refractivity contribution < 1.29 is 17.7 Å². The zero-order chi connectivity index (χ0) is 14.2. The second kappa shape index (κ2) is 5.53. The van der Waals surface area contributed by atoms with Crippen LogP contribution in [0.2, 0.25) is 10.2 Å². The highest BCUT2D eigenvalue weighted by Gasteiger charge is 2.25. The third-order valence-corrected chi connectivity index (χ3v) is 3.55. The molecule has 0 atom stereocenters. The number of hydrogen-bond acceptors (Lipinski definition) is 2. The van der Waals surface area contributed by atoms with Crippen molar-refractivity contribution in [3.8, 4) is 5.75 Å². The van der Waals surface area contributed by atoms with Crippen LogP contribution in [-0.4, -0.2) is 18.5 Å². The number of nitrogens with zero attached hydrogens (tertiary/aromatic N) is 1. The average molecular weight is 421 g/mol. The van der Waals surface area contributed by atoms with Gasteiger partial charge in [0, 0.05) is 5.39 Å². The number of halogens is 6.